The first-order valence-electron chi connectivity index (χ1n) is 9.89. The predicted molar refractivity (Wildman–Crippen MR) is 128 cm³/mol. The monoisotopic (exact) mass is 457 g/mol. The molecule has 0 saturated heterocycles. The van der Waals surface area contributed by atoms with Crippen molar-refractivity contribution in [3.8, 4) is 23.5 Å². The Kier molecular flexibility index (Phi) is 6.48. The summed E-state index contributed by atoms with van der Waals surface area (Å²) in [6, 6.07) is 16.3. The number of amides is 3. The number of terminal acetylenes is 1. The fourth-order valence-corrected chi connectivity index (χ4v) is 3.90. The van der Waals surface area contributed by atoms with Crippen LogP contribution in [-0.2, 0) is 4.74 Å². The molecule has 4 N–H and O–H groups in total. The van der Waals surface area contributed by atoms with E-state index in [9.17, 15) is 9.59 Å². The van der Waals surface area contributed by atoms with Crippen LogP contribution in [0.3, 0.4) is 0 Å². The first kappa shape index (κ1) is 21.8. The van der Waals surface area contributed by atoms with Crippen molar-refractivity contribution in [3.63, 3.8) is 0 Å². The first-order valence-corrected chi connectivity index (χ1v) is 10.8. The van der Waals surface area contributed by atoms with Gasteiger partial charge in [0, 0.05) is 17.0 Å². The fraction of sp³-hybridized carbons (Fsp3) is 0.0833. The van der Waals surface area contributed by atoms with Crippen LogP contribution in [0.25, 0.3) is 22.0 Å². The van der Waals surface area contributed by atoms with Crippen LogP contribution in [0.1, 0.15) is 16.6 Å². The number of hydrogen-bond acceptors (Lipinski definition) is 6. The van der Waals surface area contributed by atoms with Crippen LogP contribution in [-0.4, -0.2) is 28.7 Å². The molecular weight excluding hydrogens is 438 g/mol. The zero-order valence-electron chi connectivity index (χ0n) is 17.3. The number of carbonyl (C=O) groups excluding carboxylic acids is 2. The average Bonchev–Trinajstić information content (AvgIpc) is 3.29. The lowest BCUT2D eigenvalue weighted by molar-refractivity contribution is 0.144. The molecule has 2 aromatic heterocycles. The van der Waals surface area contributed by atoms with E-state index in [0.717, 1.165) is 27.6 Å². The van der Waals surface area contributed by atoms with Gasteiger partial charge in [0.2, 0.25) is 0 Å². The predicted octanol–water partition coefficient (Wildman–Crippen LogP) is 4.30. The molecule has 0 aliphatic carbocycles. The van der Waals surface area contributed by atoms with Crippen LogP contribution in [0.4, 0.5) is 15.4 Å². The molecular formula is C24H19N5O3S. The number of benzene rings is 2. The van der Waals surface area contributed by atoms with Crippen molar-refractivity contribution in [1.29, 1.82) is 0 Å². The third-order valence-corrected chi connectivity index (χ3v) is 5.61. The molecule has 4 rings (SSSR count). The molecule has 3 amide bonds. The maximum atomic E-state index is 12.5. The summed E-state index contributed by atoms with van der Waals surface area (Å²) in [4.78, 5) is 32.1. The Morgan fingerprint density at radius 2 is 1.97 bits per heavy atom. The van der Waals surface area contributed by atoms with Crippen molar-refractivity contribution in [2.75, 3.05) is 11.9 Å². The van der Waals surface area contributed by atoms with E-state index in [-0.39, 0.29) is 6.61 Å². The minimum Gasteiger partial charge on any atom is -0.447 e. The quantitative estimate of drug-likeness (QED) is 0.373. The minimum absolute atomic E-state index is 0.132. The number of pyridine rings is 1. The summed E-state index contributed by atoms with van der Waals surface area (Å²) >= 11 is 1.24. The Bertz CT molecular complexity index is 1340. The van der Waals surface area contributed by atoms with E-state index >= 15 is 0 Å². The number of hydrogen-bond donors (Lipinski definition) is 3. The number of aromatic nitrogens is 2. The van der Waals surface area contributed by atoms with Crippen molar-refractivity contribution in [1.82, 2.24) is 15.3 Å². The lowest BCUT2D eigenvalue weighted by atomic mass is 9.98. The van der Waals surface area contributed by atoms with Gasteiger partial charge < -0.3 is 15.8 Å². The number of urea groups is 1. The molecule has 0 bridgehead atoms. The summed E-state index contributed by atoms with van der Waals surface area (Å²) in [6.45, 7) is -0.132. The second-order valence-corrected chi connectivity index (χ2v) is 7.82. The minimum atomic E-state index is -0.930. The molecule has 0 saturated carbocycles. The van der Waals surface area contributed by atoms with Gasteiger partial charge in [0.25, 0.3) is 0 Å². The highest BCUT2D eigenvalue weighted by molar-refractivity contribution is 7.10. The summed E-state index contributed by atoms with van der Waals surface area (Å²) in [5, 5.41) is 8.52. The van der Waals surface area contributed by atoms with E-state index in [1.807, 2.05) is 54.6 Å². The highest BCUT2D eigenvalue weighted by Gasteiger charge is 2.18. The van der Waals surface area contributed by atoms with Crippen molar-refractivity contribution in [3.05, 3.63) is 76.7 Å². The molecule has 0 fully saturated rings. The van der Waals surface area contributed by atoms with Crippen molar-refractivity contribution in [2.24, 2.45) is 5.73 Å². The number of fused-ring (bicyclic) bond motifs is 1. The van der Waals surface area contributed by atoms with E-state index < -0.39 is 18.2 Å². The highest BCUT2D eigenvalue weighted by Crippen LogP contribution is 2.28. The van der Waals surface area contributed by atoms with E-state index in [1.54, 1.807) is 11.6 Å². The molecule has 0 aliphatic rings. The van der Waals surface area contributed by atoms with Crippen LogP contribution in [0.5, 0.6) is 0 Å². The molecule has 8 nitrogen and oxygen atoms in total. The number of nitrogens with one attached hydrogen (secondary N) is 2. The number of carbonyl (C=O) groups is 2. The van der Waals surface area contributed by atoms with Gasteiger partial charge in [-0.25, -0.2) is 14.6 Å². The SMILES string of the molecule is C#Cc1nc(NC(=O)NC(COC(N)=O)c2ccc(-c3cccc4ncccc34)cc2)cs1. The average molecular weight is 458 g/mol. The Hall–Kier alpha value is -4.42. The lowest BCUT2D eigenvalue weighted by Gasteiger charge is -2.19. The maximum Gasteiger partial charge on any atom is 0.404 e. The largest absolute Gasteiger partial charge is 0.447 e. The van der Waals surface area contributed by atoms with Gasteiger partial charge in [-0.15, -0.1) is 17.8 Å². The van der Waals surface area contributed by atoms with Gasteiger partial charge in [0.15, 0.2) is 5.01 Å². The van der Waals surface area contributed by atoms with E-state index in [1.165, 1.54) is 11.3 Å². The summed E-state index contributed by atoms with van der Waals surface area (Å²) in [6.07, 6.45) is 6.14. The van der Waals surface area contributed by atoms with Gasteiger partial charge in [-0.1, -0.05) is 42.5 Å². The summed E-state index contributed by atoms with van der Waals surface area (Å²) in [7, 11) is 0. The molecule has 0 radical (unpaired) electrons. The van der Waals surface area contributed by atoms with Crippen LogP contribution in [0, 0.1) is 12.3 Å². The number of anilines is 1. The Morgan fingerprint density at radius 3 is 2.70 bits per heavy atom. The molecule has 1 unspecified atom stereocenters. The number of primary amides is 1. The van der Waals surface area contributed by atoms with Crippen molar-refractivity contribution in [2.45, 2.75) is 6.04 Å². The molecule has 2 aromatic carbocycles. The van der Waals surface area contributed by atoms with Crippen molar-refractivity contribution < 1.29 is 14.3 Å². The number of thiazole rings is 1. The normalized spacial score (nSPS) is 11.4. The third kappa shape index (κ3) is 5.26. The third-order valence-electron chi connectivity index (χ3n) is 4.84. The van der Waals surface area contributed by atoms with Gasteiger partial charge in [-0.3, -0.25) is 10.3 Å². The standard InChI is InChI=1S/C24H19N5O3S/c1-2-22-28-21(14-33-22)29-24(31)27-20(13-32-23(25)30)16-10-8-15(9-11-16)17-5-3-7-19-18(17)6-4-12-26-19/h1,3-12,14,20H,13H2,(H2,25,30)(H2,27,29,31). The Balaban J connectivity index is 1.54. The second kappa shape index (κ2) is 9.80. The van der Waals surface area contributed by atoms with Gasteiger partial charge in [0.05, 0.1) is 11.6 Å². The van der Waals surface area contributed by atoms with Gasteiger partial charge >= 0.3 is 12.1 Å². The van der Waals surface area contributed by atoms with Crippen LogP contribution < -0.4 is 16.4 Å². The molecule has 164 valence electrons. The zero-order chi connectivity index (χ0) is 23.2. The number of ether oxygens (including phenoxy) is 1. The fourth-order valence-electron chi connectivity index (χ4n) is 3.34. The number of nitrogens with two attached hydrogens (primary N) is 1. The molecule has 0 aliphatic heterocycles. The number of nitrogens with zero attached hydrogens (tertiary/aromatic N) is 2. The van der Waals surface area contributed by atoms with Crippen LogP contribution in [0.15, 0.2) is 66.2 Å². The lowest BCUT2D eigenvalue weighted by Crippen LogP contribution is -2.36. The topological polar surface area (TPSA) is 119 Å². The molecule has 4 aromatic rings. The van der Waals surface area contributed by atoms with E-state index in [4.69, 9.17) is 16.9 Å². The van der Waals surface area contributed by atoms with Crippen LogP contribution in [0.2, 0.25) is 0 Å². The number of rotatable bonds is 6. The zero-order valence-corrected chi connectivity index (χ0v) is 18.1. The van der Waals surface area contributed by atoms with Gasteiger partial charge in [-0.05, 0) is 34.7 Å². The van der Waals surface area contributed by atoms with Gasteiger partial charge in [0.1, 0.15) is 12.4 Å². The van der Waals surface area contributed by atoms with E-state index in [0.29, 0.717) is 10.8 Å². The summed E-state index contributed by atoms with van der Waals surface area (Å²) < 4.78 is 4.95. The molecule has 33 heavy (non-hydrogen) atoms. The summed E-state index contributed by atoms with van der Waals surface area (Å²) in [5.41, 5.74) is 8.78. The molecule has 9 heteroatoms. The molecule has 2 heterocycles. The second-order valence-electron chi connectivity index (χ2n) is 6.96. The Labute approximate surface area is 193 Å². The highest BCUT2D eigenvalue weighted by atomic mass is 32.1. The first-order chi connectivity index (χ1) is 16.0. The maximum absolute atomic E-state index is 12.5. The Morgan fingerprint density at radius 1 is 1.15 bits per heavy atom. The van der Waals surface area contributed by atoms with Crippen molar-refractivity contribution >= 4 is 40.2 Å². The van der Waals surface area contributed by atoms with Crippen LogP contribution >= 0.6 is 11.3 Å². The molecule has 0 spiro atoms. The summed E-state index contributed by atoms with van der Waals surface area (Å²) in [5.74, 6) is 2.74. The van der Waals surface area contributed by atoms with Gasteiger partial charge in [-0.2, -0.15) is 0 Å². The smallest absolute Gasteiger partial charge is 0.404 e. The molecule has 1 atom stereocenters. The van der Waals surface area contributed by atoms with E-state index in [2.05, 4.69) is 26.5 Å².